The Morgan fingerprint density at radius 2 is 0.953 bits per heavy atom. The lowest BCUT2D eigenvalue weighted by Crippen LogP contribution is -2.15. The van der Waals surface area contributed by atoms with Gasteiger partial charge in [-0.1, -0.05) is 84.0 Å². The molecule has 0 aliphatic carbocycles. The normalized spacial score (nSPS) is 11.3. The maximum atomic E-state index is 10.9. The lowest BCUT2D eigenvalue weighted by Gasteiger charge is -2.25. The van der Waals surface area contributed by atoms with Gasteiger partial charge in [0.15, 0.2) is 0 Å². The number of phenolic OH excluding ortho intramolecular Hbond substituents is 1. The van der Waals surface area contributed by atoms with Gasteiger partial charge in [-0.05, 0) is 72.2 Å². The molecule has 5 rings (SSSR count). The first-order valence-electron chi connectivity index (χ1n) is 14.0. The summed E-state index contributed by atoms with van der Waals surface area (Å²) >= 11 is 0. The van der Waals surface area contributed by atoms with Crippen LogP contribution in [0.25, 0.3) is 21.8 Å². The second-order valence-electron chi connectivity index (χ2n) is 12.5. The second kappa shape index (κ2) is 13.0. The number of hydrogen-bond donors (Lipinski definition) is 3. The average molecular weight is 581 g/mol. The van der Waals surface area contributed by atoms with Crippen LogP contribution in [0.15, 0.2) is 78.9 Å². The fourth-order valence-corrected chi connectivity index (χ4v) is 4.31. The molecule has 224 valence electrons. The minimum Gasteiger partial charge on any atom is -0.508 e. The van der Waals surface area contributed by atoms with E-state index in [1.165, 1.54) is 11.1 Å². The van der Waals surface area contributed by atoms with Gasteiger partial charge in [0.25, 0.3) is 0 Å². The number of aromatic hydroxyl groups is 1. The van der Waals surface area contributed by atoms with Crippen LogP contribution in [0.2, 0.25) is 0 Å². The average Bonchev–Trinajstić information content (AvgIpc) is 2.91. The fraction of sp³-hybridized carbons (Fsp3) is 0.278. The van der Waals surface area contributed by atoms with Crippen molar-refractivity contribution >= 4 is 33.7 Å². The Bertz CT molecular complexity index is 1650. The highest BCUT2D eigenvalue weighted by Crippen LogP contribution is 2.32. The molecule has 3 aromatic carbocycles. The van der Waals surface area contributed by atoms with E-state index in [4.69, 9.17) is 10.2 Å². The van der Waals surface area contributed by atoms with Gasteiger partial charge in [-0.3, -0.25) is 9.97 Å². The second-order valence-corrected chi connectivity index (χ2v) is 12.5. The number of aromatic carboxylic acids is 2. The number of hydrogen-bond acceptors (Lipinski definition) is 5. The summed E-state index contributed by atoms with van der Waals surface area (Å²) < 4.78 is 0. The first kappa shape index (κ1) is 32.7. The lowest BCUT2D eigenvalue weighted by molar-refractivity contribution is 0.0688. The van der Waals surface area contributed by atoms with Crippen LogP contribution in [0, 0.1) is 13.8 Å². The van der Waals surface area contributed by atoms with Gasteiger partial charge in [-0.25, -0.2) is 9.59 Å². The van der Waals surface area contributed by atoms with E-state index < -0.39 is 11.9 Å². The molecule has 0 aliphatic rings. The van der Waals surface area contributed by atoms with Crippen molar-refractivity contribution in [3.8, 4) is 5.75 Å². The Kier molecular flexibility index (Phi) is 9.92. The smallest absolute Gasteiger partial charge is 0.337 e. The van der Waals surface area contributed by atoms with Gasteiger partial charge in [0.2, 0.25) is 0 Å². The number of aromatic nitrogens is 2. The third-order valence-corrected chi connectivity index (χ3v) is 6.83. The maximum Gasteiger partial charge on any atom is 0.337 e. The minimum absolute atomic E-state index is 0.0821. The Labute approximate surface area is 252 Å². The van der Waals surface area contributed by atoms with Crippen LogP contribution in [0.4, 0.5) is 0 Å². The van der Waals surface area contributed by atoms with Crippen molar-refractivity contribution in [1.82, 2.24) is 9.97 Å². The Morgan fingerprint density at radius 1 is 0.581 bits per heavy atom. The molecule has 5 aromatic rings. The summed E-state index contributed by atoms with van der Waals surface area (Å²) in [5.74, 6) is -1.50. The van der Waals surface area contributed by atoms with Gasteiger partial charge in [-0.2, -0.15) is 0 Å². The Hall–Kier alpha value is -4.78. The molecular weight excluding hydrogens is 540 g/mol. The molecule has 0 atom stereocenters. The van der Waals surface area contributed by atoms with E-state index in [0.29, 0.717) is 16.8 Å². The van der Waals surface area contributed by atoms with Crippen molar-refractivity contribution in [2.24, 2.45) is 0 Å². The summed E-state index contributed by atoms with van der Waals surface area (Å²) in [7, 11) is 0. The maximum absolute atomic E-state index is 10.9. The standard InChI is InChI=1S/C14H22O.2C11H9NO2/c1-13(2,3)10-7-11(14(4,5)6)9-12(15)8-10;2*1-7-5-6-8-3-2-4-9(11(13)14)10(8)12-7/h7-9,15H,1-6H3;2*2-6H,1H3,(H,13,14). The van der Waals surface area contributed by atoms with Crippen molar-refractivity contribution in [2.45, 2.75) is 66.2 Å². The molecule has 0 unspecified atom stereocenters. The van der Waals surface area contributed by atoms with Crippen molar-refractivity contribution in [2.75, 3.05) is 0 Å². The van der Waals surface area contributed by atoms with Gasteiger partial charge in [0.05, 0.1) is 22.2 Å². The predicted molar refractivity (Wildman–Crippen MR) is 172 cm³/mol. The number of pyridine rings is 2. The number of nitrogens with zero attached hydrogens (tertiary/aromatic N) is 2. The van der Waals surface area contributed by atoms with Crippen LogP contribution >= 0.6 is 0 Å². The van der Waals surface area contributed by atoms with E-state index in [2.05, 4.69) is 57.6 Å². The Balaban J connectivity index is 0.000000177. The number of phenols is 1. The van der Waals surface area contributed by atoms with Gasteiger partial charge in [-0.15, -0.1) is 0 Å². The van der Waals surface area contributed by atoms with E-state index in [1.807, 2.05) is 62.4 Å². The summed E-state index contributed by atoms with van der Waals surface area (Å²) in [4.78, 5) is 30.2. The molecule has 0 amide bonds. The number of fused-ring (bicyclic) bond motifs is 2. The number of aryl methyl sites for hydroxylation is 2. The summed E-state index contributed by atoms with van der Waals surface area (Å²) in [6, 6.07) is 23.7. The van der Waals surface area contributed by atoms with E-state index in [9.17, 15) is 14.7 Å². The summed E-state index contributed by atoms with van der Waals surface area (Å²) in [6.45, 7) is 16.7. The predicted octanol–water partition coefficient (Wildman–Crippen LogP) is 8.47. The van der Waals surface area contributed by atoms with Crippen LogP contribution in [0.5, 0.6) is 5.75 Å². The SMILES string of the molecule is CC(C)(C)c1cc(O)cc(C(C)(C)C)c1.Cc1ccc2cccc(C(=O)O)c2n1.Cc1ccc2cccc(C(=O)O)c2n1. The minimum atomic E-state index is -0.936. The summed E-state index contributed by atoms with van der Waals surface area (Å²) in [5, 5.41) is 29.3. The van der Waals surface area contributed by atoms with Gasteiger partial charge in [0.1, 0.15) is 5.75 Å². The van der Waals surface area contributed by atoms with Crippen molar-refractivity contribution in [3.05, 3.63) is 113 Å². The molecule has 7 nitrogen and oxygen atoms in total. The van der Waals surface area contributed by atoms with Crippen LogP contribution in [-0.4, -0.2) is 37.2 Å². The van der Waals surface area contributed by atoms with E-state index in [1.54, 1.807) is 24.3 Å². The molecule has 2 heterocycles. The fourth-order valence-electron chi connectivity index (χ4n) is 4.31. The highest BCUT2D eigenvalue weighted by molar-refractivity contribution is 6.02. The molecule has 0 aliphatic heterocycles. The largest absolute Gasteiger partial charge is 0.508 e. The van der Waals surface area contributed by atoms with Crippen molar-refractivity contribution < 1.29 is 24.9 Å². The third-order valence-electron chi connectivity index (χ3n) is 6.83. The molecular formula is C36H40N2O5. The zero-order valence-corrected chi connectivity index (χ0v) is 26.1. The molecule has 43 heavy (non-hydrogen) atoms. The summed E-state index contributed by atoms with van der Waals surface area (Å²) in [6.07, 6.45) is 0. The lowest BCUT2D eigenvalue weighted by atomic mass is 9.80. The van der Waals surface area contributed by atoms with Gasteiger partial charge >= 0.3 is 11.9 Å². The van der Waals surface area contributed by atoms with E-state index >= 15 is 0 Å². The number of para-hydroxylation sites is 2. The monoisotopic (exact) mass is 580 g/mol. The van der Waals surface area contributed by atoms with Gasteiger partial charge in [0, 0.05) is 22.2 Å². The zero-order valence-electron chi connectivity index (χ0n) is 26.1. The molecule has 2 aromatic heterocycles. The van der Waals surface area contributed by atoms with Crippen LogP contribution in [0.3, 0.4) is 0 Å². The Morgan fingerprint density at radius 3 is 1.28 bits per heavy atom. The molecule has 0 bridgehead atoms. The number of rotatable bonds is 2. The van der Waals surface area contributed by atoms with Crippen molar-refractivity contribution in [1.29, 1.82) is 0 Å². The molecule has 0 fully saturated rings. The molecule has 0 spiro atoms. The highest BCUT2D eigenvalue weighted by Gasteiger charge is 2.20. The quantitative estimate of drug-likeness (QED) is 0.191. The molecule has 3 N–H and O–H groups in total. The number of benzene rings is 3. The number of carboxylic acids is 2. The highest BCUT2D eigenvalue weighted by atomic mass is 16.4. The summed E-state index contributed by atoms with van der Waals surface area (Å²) in [5.41, 5.74) is 5.81. The van der Waals surface area contributed by atoms with Crippen LogP contribution in [0.1, 0.15) is 84.8 Å². The first-order valence-corrected chi connectivity index (χ1v) is 14.0. The topological polar surface area (TPSA) is 121 Å². The van der Waals surface area contributed by atoms with Gasteiger partial charge < -0.3 is 15.3 Å². The molecule has 0 radical (unpaired) electrons. The van der Waals surface area contributed by atoms with Crippen molar-refractivity contribution in [3.63, 3.8) is 0 Å². The number of carboxylic acid groups (broad SMARTS) is 2. The number of carbonyl (C=O) groups is 2. The van der Waals surface area contributed by atoms with Crippen LogP contribution in [-0.2, 0) is 10.8 Å². The molecule has 0 saturated heterocycles. The van der Waals surface area contributed by atoms with E-state index in [-0.39, 0.29) is 22.0 Å². The molecule has 0 saturated carbocycles. The van der Waals surface area contributed by atoms with E-state index in [0.717, 1.165) is 22.2 Å². The van der Waals surface area contributed by atoms with Crippen LogP contribution < -0.4 is 0 Å². The third kappa shape index (κ3) is 8.61. The first-order chi connectivity index (χ1) is 20.0. The molecule has 7 heteroatoms. The zero-order chi connectivity index (χ0) is 32.1.